The van der Waals surface area contributed by atoms with E-state index in [1.807, 2.05) is 0 Å². The SMILES string of the molecule is CC1CCC(Cl)CC1c1nnn(C)n1. The quantitative estimate of drug-likeness (QED) is 0.669. The van der Waals surface area contributed by atoms with Crippen LogP contribution in [0.3, 0.4) is 0 Å². The standard InChI is InChI=1S/C9H15ClN4/c1-6-3-4-7(10)5-8(6)9-11-13-14(2)12-9/h6-8H,3-5H2,1-2H3. The van der Waals surface area contributed by atoms with Crippen molar-refractivity contribution in [3.05, 3.63) is 5.82 Å². The van der Waals surface area contributed by atoms with Crippen molar-refractivity contribution in [1.29, 1.82) is 0 Å². The van der Waals surface area contributed by atoms with Crippen LogP contribution in [0.25, 0.3) is 0 Å². The van der Waals surface area contributed by atoms with Gasteiger partial charge in [-0.1, -0.05) is 6.92 Å². The second-order valence-electron chi connectivity index (χ2n) is 4.13. The topological polar surface area (TPSA) is 43.6 Å². The third-order valence-electron chi connectivity index (χ3n) is 2.99. The summed E-state index contributed by atoms with van der Waals surface area (Å²) in [4.78, 5) is 1.51. The van der Waals surface area contributed by atoms with Crippen LogP contribution in [0.15, 0.2) is 0 Å². The number of rotatable bonds is 1. The highest BCUT2D eigenvalue weighted by molar-refractivity contribution is 6.20. The normalized spacial score (nSPS) is 33.2. The van der Waals surface area contributed by atoms with E-state index >= 15 is 0 Å². The zero-order valence-corrected chi connectivity index (χ0v) is 9.28. The maximum Gasteiger partial charge on any atom is 0.178 e. The summed E-state index contributed by atoms with van der Waals surface area (Å²) < 4.78 is 0. The monoisotopic (exact) mass is 214 g/mol. The van der Waals surface area contributed by atoms with E-state index in [0.29, 0.717) is 11.8 Å². The summed E-state index contributed by atoms with van der Waals surface area (Å²) in [6.07, 6.45) is 3.25. The number of hydrogen-bond acceptors (Lipinski definition) is 3. The Morgan fingerprint density at radius 3 is 2.86 bits per heavy atom. The number of aromatic nitrogens is 4. The van der Waals surface area contributed by atoms with Crippen molar-refractivity contribution in [3.8, 4) is 0 Å². The van der Waals surface area contributed by atoms with Gasteiger partial charge in [0.25, 0.3) is 0 Å². The largest absolute Gasteiger partial charge is 0.178 e. The molecule has 0 N–H and O–H groups in total. The van der Waals surface area contributed by atoms with E-state index in [0.717, 1.165) is 25.1 Å². The lowest BCUT2D eigenvalue weighted by atomic mass is 9.80. The Morgan fingerprint density at radius 2 is 2.21 bits per heavy atom. The van der Waals surface area contributed by atoms with Gasteiger partial charge in [-0.15, -0.1) is 21.8 Å². The average Bonchev–Trinajstić information content (AvgIpc) is 2.56. The molecule has 1 aromatic rings. The predicted molar refractivity (Wildman–Crippen MR) is 54.2 cm³/mol. The fourth-order valence-corrected chi connectivity index (χ4v) is 2.40. The molecule has 1 saturated carbocycles. The Bertz CT molecular complexity index is 312. The van der Waals surface area contributed by atoms with Crippen LogP contribution in [0.5, 0.6) is 0 Å². The van der Waals surface area contributed by atoms with Crippen LogP contribution in [-0.2, 0) is 7.05 Å². The van der Waals surface area contributed by atoms with Crippen LogP contribution >= 0.6 is 11.6 Å². The number of nitrogens with zero attached hydrogens (tertiary/aromatic N) is 4. The highest BCUT2D eigenvalue weighted by Gasteiger charge is 2.30. The fraction of sp³-hybridized carbons (Fsp3) is 0.889. The first kappa shape index (κ1) is 9.90. The molecule has 14 heavy (non-hydrogen) atoms. The van der Waals surface area contributed by atoms with E-state index in [4.69, 9.17) is 11.6 Å². The minimum Gasteiger partial charge on any atom is -0.167 e. The molecule has 0 aliphatic heterocycles. The van der Waals surface area contributed by atoms with Gasteiger partial charge in [0.2, 0.25) is 0 Å². The van der Waals surface area contributed by atoms with E-state index in [1.165, 1.54) is 4.80 Å². The maximum atomic E-state index is 6.15. The van der Waals surface area contributed by atoms with E-state index in [-0.39, 0.29) is 5.38 Å². The summed E-state index contributed by atoms with van der Waals surface area (Å²) >= 11 is 6.15. The van der Waals surface area contributed by atoms with Gasteiger partial charge in [0.05, 0.1) is 7.05 Å². The van der Waals surface area contributed by atoms with Gasteiger partial charge in [-0.05, 0) is 30.4 Å². The van der Waals surface area contributed by atoms with E-state index < -0.39 is 0 Å². The second-order valence-corrected chi connectivity index (χ2v) is 4.75. The molecular formula is C9H15ClN4. The number of aryl methyl sites for hydroxylation is 1. The molecule has 1 aliphatic rings. The minimum absolute atomic E-state index is 0.278. The van der Waals surface area contributed by atoms with Crippen LogP contribution < -0.4 is 0 Å². The third-order valence-corrected chi connectivity index (χ3v) is 3.38. The Balaban J connectivity index is 2.15. The predicted octanol–water partition coefficient (Wildman–Crippen LogP) is 1.72. The van der Waals surface area contributed by atoms with Crippen molar-refractivity contribution < 1.29 is 0 Å². The Hall–Kier alpha value is -0.640. The van der Waals surface area contributed by atoms with Crippen molar-refractivity contribution in [2.45, 2.75) is 37.5 Å². The van der Waals surface area contributed by atoms with Gasteiger partial charge in [-0.3, -0.25) is 0 Å². The third kappa shape index (κ3) is 1.90. The molecule has 78 valence electrons. The fourth-order valence-electron chi connectivity index (χ4n) is 2.08. The summed E-state index contributed by atoms with van der Waals surface area (Å²) in [6.45, 7) is 2.24. The van der Waals surface area contributed by atoms with Crippen LogP contribution in [0.1, 0.15) is 37.9 Å². The first-order valence-electron chi connectivity index (χ1n) is 5.04. The van der Waals surface area contributed by atoms with Gasteiger partial charge in [-0.2, -0.15) is 4.80 Å². The molecule has 1 heterocycles. The number of hydrogen-bond donors (Lipinski definition) is 0. The van der Waals surface area contributed by atoms with Gasteiger partial charge in [0.15, 0.2) is 5.82 Å². The summed E-state index contributed by atoms with van der Waals surface area (Å²) in [5, 5.41) is 12.5. The molecule has 0 amide bonds. The molecule has 2 rings (SSSR count). The number of alkyl halides is 1. The zero-order valence-electron chi connectivity index (χ0n) is 8.52. The van der Waals surface area contributed by atoms with Gasteiger partial charge < -0.3 is 0 Å². The smallest absolute Gasteiger partial charge is 0.167 e. The molecule has 0 aromatic carbocycles. The molecular weight excluding hydrogens is 200 g/mol. The average molecular weight is 215 g/mol. The number of halogens is 1. The van der Waals surface area contributed by atoms with E-state index in [9.17, 15) is 0 Å². The van der Waals surface area contributed by atoms with Crippen molar-refractivity contribution >= 4 is 11.6 Å². The molecule has 3 unspecified atom stereocenters. The lowest BCUT2D eigenvalue weighted by Crippen LogP contribution is -2.22. The van der Waals surface area contributed by atoms with Crippen LogP contribution in [0.4, 0.5) is 0 Å². The molecule has 0 saturated heterocycles. The molecule has 1 fully saturated rings. The van der Waals surface area contributed by atoms with Crippen molar-refractivity contribution in [1.82, 2.24) is 20.2 Å². The first-order chi connectivity index (χ1) is 6.66. The van der Waals surface area contributed by atoms with Crippen molar-refractivity contribution in [2.24, 2.45) is 13.0 Å². The van der Waals surface area contributed by atoms with Gasteiger partial charge >= 0.3 is 0 Å². The Labute approximate surface area is 88.6 Å². The molecule has 1 aliphatic carbocycles. The molecule has 0 spiro atoms. The van der Waals surface area contributed by atoms with Crippen LogP contribution in [0.2, 0.25) is 0 Å². The number of tetrazole rings is 1. The molecule has 3 atom stereocenters. The maximum absolute atomic E-state index is 6.15. The molecule has 4 nitrogen and oxygen atoms in total. The molecule has 0 radical (unpaired) electrons. The van der Waals surface area contributed by atoms with Crippen molar-refractivity contribution in [2.75, 3.05) is 0 Å². The highest BCUT2D eigenvalue weighted by atomic mass is 35.5. The van der Waals surface area contributed by atoms with E-state index in [2.05, 4.69) is 22.3 Å². The summed E-state index contributed by atoms with van der Waals surface area (Å²) in [5.41, 5.74) is 0. The van der Waals surface area contributed by atoms with Crippen LogP contribution in [-0.4, -0.2) is 25.6 Å². The lowest BCUT2D eigenvalue weighted by molar-refractivity contribution is 0.323. The second kappa shape index (κ2) is 3.85. The zero-order chi connectivity index (χ0) is 10.1. The van der Waals surface area contributed by atoms with E-state index in [1.54, 1.807) is 7.05 Å². The van der Waals surface area contributed by atoms with Gasteiger partial charge in [0.1, 0.15) is 0 Å². The first-order valence-corrected chi connectivity index (χ1v) is 5.48. The Morgan fingerprint density at radius 1 is 1.43 bits per heavy atom. The summed E-state index contributed by atoms with van der Waals surface area (Å²) in [5.74, 6) is 1.86. The molecule has 5 heteroatoms. The van der Waals surface area contributed by atoms with Gasteiger partial charge in [0, 0.05) is 11.3 Å². The van der Waals surface area contributed by atoms with Gasteiger partial charge in [-0.25, -0.2) is 0 Å². The Kier molecular flexibility index (Phi) is 2.72. The molecule has 0 bridgehead atoms. The summed E-state index contributed by atoms with van der Waals surface area (Å²) in [7, 11) is 1.79. The summed E-state index contributed by atoms with van der Waals surface area (Å²) in [6, 6.07) is 0. The van der Waals surface area contributed by atoms with Crippen molar-refractivity contribution in [3.63, 3.8) is 0 Å². The lowest BCUT2D eigenvalue weighted by Gasteiger charge is -2.29. The molecule has 1 aromatic heterocycles. The minimum atomic E-state index is 0.278. The van der Waals surface area contributed by atoms with Crippen LogP contribution in [0, 0.1) is 5.92 Å². The highest BCUT2D eigenvalue weighted by Crippen LogP contribution is 2.37.